The van der Waals surface area contributed by atoms with Crippen molar-refractivity contribution >= 4 is 5.97 Å². The van der Waals surface area contributed by atoms with Gasteiger partial charge in [0.25, 0.3) is 0 Å². The van der Waals surface area contributed by atoms with Gasteiger partial charge in [0.05, 0.1) is 0 Å². The zero-order valence-corrected chi connectivity index (χ0v) is 8.69. The second-order valence-electron chi connectivity index (χ2n) is 3.29. The Kier molecular flexibility index (Phi) is 4.17. The van der Waals surface area contributed by atoms with Crippen LogP contribution < -0.4 is 0 Å². The molecule has 0 bridgehead atoms. The van der Waals surface area contributed by atoms with Crippen LogP contribution in [0.3, 0.4) is 0 Å². The van der Waals surface area contributed by atoms with E-state index in [1.807, 2.05) is 44.2 Å². The van der Waals surface area contributed by atoms with E-state index in [1.165, 1.54) is 0 Å². The molecule has 0 saturated carbocycles. The molecule has 0 N–H and O–H groups in total. The number of benzene rings is 1. The van der Waals surface area contributed by atoms with Crippen LogP contribution >= 0.6 is 0 Å². The lowest BCUT2D eigenvalue weighted by Crippen LogP contribution is -2.07. The molecule has 0 saturated heterocycles. The van der Waals surface area contributed by atoms with Gasteiger partial charge in [-0.3, -0.25) is 4.79 Å². The van der Waals surface area contributed by atoms with Crippen molar-refractivity contribution in [2.45, 2.75) is 32.8 Å². The molecule has 2 nitrogen and oxygen atoms in total. The van der Waals surface area contributed by atoms with Crippen LogP contribution in [0.5, 0.6) is 0 Å². The SMILES string of the molecule is CCCC(=O)OC(C)c1ccccc1. The molecule has 0 amide bonds. The van der Waals surface area contributed by atoms with Gasteiger partial charge in [-0.25, -0.2) is 0 Å². The third kappa shape index (κ3) is 3.21. The van der Waals surface area contributed by atoms with Crippen molar-refractivity contribution in [1.29, 1.82) is 0 Å². The first-order valence-corrected chi connectivity index (χ1v) is 4.98. The second kappa shape index (κ2) is 5.43. The van der Waals surface area contributed by atoms with E-state index in [2.05, 4.69) is 0 Å². The summed E-state index contributed by atoms with van der Waals surface area (Å²) >= 11 is 0. The molecule has 0 aliphatic carbocycles. The number of ether oxygens (including phenoxy) is 1. The van der Waals surface area contributed by atoms with Crippen LogP contribution in [0.4, 0.5) is 0 Å². The van der Waals surface area contributed by atoms with Crippen molar-refractivity contribution in [3.8, 4) is 0 Å². The average Bonchev–Trinajstić information content (AvgIpc) is 2.19. The molecule has 1 aromatic carbocycles. The number of carbonyl (C=O) groups is 1. The number of carbonyl (C=O) groups excluding carboxylic acids is 1. The monoisotopic (exact) mass is 192 g/mol. The normalized spacial score (nSPS) is 12.1. The van der Waals surface area contributed by atoms with Gasteiger partial charge < -0.3 is 4.74 Å². The highest BCUT2D eigenvalue weighted by Crippen LogP contribution is 2.16. The summed E-state index contributed by atoms with van der Waals surface area (Å²) in [4.78, 5) is 11.2. The summed E-state index contributed by atoms with van der Waals surface area (Å²) in [5.74, 6) is -0.121. The lowest BCUT2D eigenvalue weighted by atomic mass is 10.1. The Morgan fingerprint density at radius 2 is 2.00 bits per heavy atom. The highest BCUT2D eigenvalue weighted by molar-refractivity contribution is 5.69. The van der Waals surface area contributed by atoms with E-state index in [0.29, 0.717) is 6.42 Å². The van der Waals surface area contributed by atoms with Crippen LogP contribution in [0.2, 0.25) is 0 Å². The third-order valence-electron chi connectivity index (χ3n) is 2.03. The topological polar surface area (TPSA) is 26.3 Å². The van der Waals surface area contributed by atoms with Gasteiger partial charge in [-0.1, -0.05) is 37.3 Å². The van der Waals surface area contributed by atoms with Gasteiger partial charge in [-0.2, -0.15) is 0 Å². The van der Waals surface area contributed by atoms with Crippen molar-refractivity contribution < 1.29 is 9.53 Å². The highest BCUT2D eigenvalue weighted by Gasteiger charge is 2.09. The van der Waals surface area contributed by atoms with Crippen molar-refractivity contribution in [3.05, 3.63) is 35.9 Å². The number of hydrogen-bond acceptors (Lipinski definition) is 2. The summed E-state index contributed by atoms with van der Waals surface area (Å²) in [6, 6.07) is 9.76. The van der Waals surface area contributed by atoms with Gasteiger partial charge in [-0.15, -0.1) is 0 Å². The molecule has 0 radical (unpaired) electrons. The van der Waals surface area contributed by atoms with Crippen molar-refractivity contribution in [3.63, 3.8) is 0 Å². The minimum atomic E-state index is -0.143. The van der Waals surface area contributed by atoms with Crippen molar-refractivity contribution in [2.24, 2.45) is 0 Å². The number of esters is 1. The standard InChI is InChI=1S/C12H16O2/c1-3-7-12(13)14-10(2)11-8-5-4-6-9-11/h4-6,8-10H,3,7H2,1-2H3. The van der Waals surface area contributed by atoms with Gasteiger partial charge in [0.1, 0.15) is 6.10 Å². The molecule has 0 heterocycles. The van der Waals surface area contributed by atoms with Crippen LogP contribution in [0.25, 0.3) is 0 Å². The van der Waals surface area contributed by atoms with Gasteiger partial charge in [0, 0.05) is 6.42 Å². The first-order valence-electron chi connectivity index (χ1n) is 4.98. The predicted molar refractivity (Wildman–Crippen MR) is 55.9 cm³/mol. The van der Waals surface area contributed by atoms with Gasteiger partial charge in [-0.05, 0) is 18.9 Å². The summed E-state index contributed by atoms with van der Waals surface area (Å²) in [5.41, 5.74) is 1.04. The molecule has 1 aromatic rings. The first-order chi connectivity index (χ1) is 6.74. The molecule has 0 aromatic heterocycles. The van der Waals surface area contributed by atoms with E-state index in [0.717, 1.165) is 12.0 Å². The lowest BCUT2D eigenvalue weighted by molar-refractivity contribution is -0.148. The van der Waals surface area contributed by atoms with Crippen LogP contribution in [-0.2, 0) is 9.53 Å². The molecule has 0 aliphatic heterocycles. The zero-order valence-electron chi connectivity index (χ0n) is 8.69. The largest absolute Gasteiger partial charge is 0.458 e. The lowest BCUT2D eigenvalue weighted by Gasteiger charge is -2.12. The van der Waals surface area contributed by atoms with Crippen LogP contribution in [0.15, 0.2) is 30.3 Å². The third-order valence-corrected chi connectivity index (χ3v) is 2.03. The Morgan fingerprint density at radius 3 is 2.57 bits per heavy atom. The molecular formula is C12H16O2. The van der Waals surface area contributed by atoms with Crippen LogP contribution in [0, 0.1) is 0 Å². The van der Waals surface area contributed by atoms with E-state index in [-0.39, 0.29) is 12.1 Å². The maximum atomic E-state index is 11.2. The molecule has 14 heavy (non-hydrogen) atoms. The summed E-state index contributed by atoms with van der Waals surface area (Å²) in [6.07, 6.45) is 1.19. The Hall–Kier alpha value is -1.31. The summed E-state index contributed by atoms with van der Waals surface area (Å²) < 4.78 is 5.24. The molecule has 0 fully saturated rings. The Labute approximate surface area is 84.9 Å². The fourth-order valence-electron chi connectivity index (χ4n) is 1.25. The van der Waals surface area contributed by atoms with E-state index in [9.17, 15) is 4.79 Å². The van der Waals surface area contributed by atoms with E-state index < -0.39 is 0 Å². The fraction of sp³-hybridized carbons (Fsp3) is 0.417. The van der Waals surface area contributed by atoms with E-state index in [4.69, 9.17) is 4.74 Å². The van der Waals surface area contributed by atoms with Gasteiger partial charge in [0.2, 0.25) is 0 Å². The Morgan fingerprint density at radius 1 is 1.36 bits per heavy atom. The maximum Gasteiger partial charge on any atom is 0.306 e. The van der Waals surface area contributed by atoms with Crippen LogP contribution in [-0.4, -0.2) is 5.97 Å². The van der Waals surface area contributed by atoms with Crippen LogP contribution in [0.1, 0.15) is 38.4 Å². The van der Waals surface area contributed by atoms with E-state index >= 15 is 0 Å². The van der Waals surface area contributed by atoms with Crippen molar-refractivity contribution in [1.82, 2.24) is 0 Å². The summed E-state index contributed by atoms with van der Waals surface area (Å²) in [5, 5.41) is 0. The first kappa shape index (κ1) is 10.8. The molecule has 2 heteroatoms. The Bertz CT molecular complexity index is 280. The predicted octanol–water partition coefficient (Wildman–Crippen LogP) is 3.09. The quantitative estimate of drug-likeness (QED) is 0.685. The summed E-state index contributed by atoms with van der Waals surface area (Å²) in [6.45, 7) is 3.86. The fourth-order valence-corrected chi connectivity index (χ4v) is 1.25. The highest BCUT2D eigenvalue weighted by atomic mass is 16.5. The second-order valence-corrected chi connectivity index (χ2v) is 3.29. The van der Waals surface area contributed by atoms with Gasteiger partial charge >= 0.3 is 5.97 Å². The van der Waals surface area contributed by atoms with Gasteiger partial charge in [0.15, 0.2) is 0 Å². The number of hydrogen-bond donors (Lipinski definition) is 0. The van der Waals surface area contributed by atoms with Crippen molar-refractivity contribution in [2.75, 3.05) is 0 Å². The Balaban J connectivity index is 2.50. The molecule has 0 spiro atoms. The molecule has 1 atom stereocenters. The minimum absolute atomic E-state index is 0.121. The maximum absolute atomic E-state index is 11.2. The minimum Gasteiger partial charge on any atom is -0.458 e. The molecule has 1 unspecified atom stereocenters. The van der Waals surface area contributed by atoms with E-state index in [1.54, 1.807) is 0 Å². The molecule has 0 aliphatic rings. The number of rotatable bonds is 4. The molecule has 76 valence electrons. The molecule has 1 rings (SSSR count). The zero-order chi connectivity index (χ0) is 10.4. The average molecular weight is 192 g/mol. The smallest absolute Gasteiger partial charge is 0.306 e. The summed E-state index contributed by atoms with van der Waals surface area (Å²) in [7, 11) is 0. The molecular weight excluding hydrogens is 176 g/mol.